The van der Waals surface area contributed by atoms with E-state index < -0.39 is 0 Å². The van der Waals surface area contributed by atoms with Gasteiger partial charge in [-0.15, -0.1) is 0 Å². The fourth-order valence-corrected chi connectivity index (χ4v) is 1.54. The van der Waals surface area contributed by atoms with Crippen molar-refractivity contribution in [1.29, 1.82) is 0 Å². The van der Waals surface area contributed by atoms with E-state index in [1.165, 1.54) is 0 Å². The Labute approximate surface area is 89.8 Å². The topological polar surface area (TPSA) is 58.6 Å². The van der Waals surface area contributed by atoms with Gasteiger partial charge in [0.1, 0.15) is 0 Å². The molecule has 1 fully saturated rings. The first-order chi connectivity index (χ1) is 7.24. The molecule has 86 valence electrons. The van der Waals surface area contributed by atoms with E-state index in [0.717, 1.165) is 6.42 Å². The summed E-state index contributed by atoms with van der Waals surface area (Å²) in [5.74, 6) is -0.0170. The van der Waals surface area contributed by atoms with Gasteiger partial charge in [-0.05, 0) is 12.8 Å². The molecule has 0 aromatic carbocycles. The van der Waals surface area contributed by atoms with Crippen molar-refractivity contribution in [2.24, 2.45) is 0 Å². The summed E-state index contributed by atoms with van der Waals surface area (Å²) < 4.78 is 4.88. The quantitative estimate of drug-likeness (QED) is 0.657. The average Bonchev–Trinajstić information content (AvgIpc) is 2.43. The Hall–Kier alpha value is -1.10. The van der Waals surface area contributed by atoms with Crippen LogP contribution in [0.15, 0.2) is 0 Å². The number of ether oxygens (including phenoxy) is 1. The van der Waals surface area contributed by atoms with Crippen LogP contribution in [0.25, 0.3) is 0 Å². The van der Waals surface area contributed by atoms with Gasteiger partial charge in [-0.2, -0.15) is 0 Å². The van der Waals surface area contributed by atoms with Crippen molar-refractivity contribution in [3.8, 4) is 0 Å². The standard InChI is InChI=1S/C10H18N2O3/c1-15-7-2-4-10(14)12-6-3-5-11-9(13)8-12/h2-8H2,1H3,(H,11,13). The van der Waals surface area contributed by atoms with Crippen molar-refractivity contribution in [3.05, 3.63) is 0 Å². The zero-order valence-electron chi connectivity index (χ0n) is 9.12. The molecule has 0 aromatic heterocycles. The van der Waals surface area contributed by atoms with Crippen molar-refractivity contribution >= 4 is 11.8 Å². The van der Waals surface area contributed by atoms with Gasteiger partial charge in [-0.1, -0.05) is 0 Å². The van der Waals surface area contributed by atoms with Crippen LogP contribution in [0, 0.1) is 0 Å². The molecule has 5 heteroatoms. The molecule has 2 amide bonds. The van der Waals surface area contributed by atoms with E-state index in [4.69, 9.17) is 4.74 Å². The number of nitrogens with zero attached hydrogens (tertiary/aromatic N) is 1. The third-order valence-corrected chi connectivity index (χ3v) is 2.35. The Balaban J connectivity index is 2.33. The van der Waals surface area contributed by atoms with E-state index in [-0.39, 0.29) is 18.4 Å². The van der Waals surface area contributed by atoms with Crippen LogP contribution < -0.4 is 5.32 Å². The summed E-state index contributed by atoms with van der Waals surface area (Å²) in [6, 6.07) is 0. The van der Waals surface area contributed by atoms with Crippen LogP contribution in [0.3, 0.4) is 0 Å². The summed E-state index contributed by atoms with van der Waals surface area (Å²) in [6.07, 6.45) is 2.01. The zero-order valence-corrected chi connectivity index (χ0v) is 9.12. The third-order valence-electron chi connectivity index (χ3n) is 2.35. The lowest BCUT2D eigenvalue weighted by Gasteiger charge is -2.18. The van der Waals surface area contributed by atoms with Crippen LogP contribution in [0.2, 0.25) is 0 Å². The summed E-state index contributed by atoms with van der Waals surface area (Å²) in [4.78, 5) is 24.5. The molecule has 1 aliphatic heterocycles. The first kappa shape index (κ1) is 12.0. The van der Waals surface area contributed by atoms with Gasteiger partial charge in [0, 0.05) is 33.2 Å². The van der Waals surface area contributed by atoms with Gasteiger partial charge in [0.15, 0.2) is 0 Å². The molecule has 1 heterocycles. The summed E-state index contributed by atoms with van der Waals surface area (Å²) in [5.41, 5.74) is 0. The summed E-state index contributed by atoms with van der Waals surface area (Å²) in [6.45, 7) is 2.13. The largest absolute Gasteiger partial charge is 0.385 e. The molecule has 1 aliphatic rings. The Morgan fingerprint density at radius 3 is 3.13 bits per heavy atom. The Morgan fingerprint density at radius 1 is 1.60 bits per heavy atom. The van der Waals surface area contributed by atoms with E-state index in [2.05, 4.69) is 5.32 Å². The second-order valence-corrected chi connectivity index (χ2v) is 3.62. The first-order valence-corrected chi connectivity index (χ1v) is 5.27. The minimum Gasteiger partial charge on any atom is -0.385 e. The molecular weight excluding hydrogens is 196 g/mol. The smallest absolute Gasteiger partial charge is 0.239 e. The monoisotopic (exact) mass is 214 g/mol. The number of carbonyl (C=O) groups is 2. The molecule has 0 radical (unpaired) electrons. The predicted molar refractivity (Wildman–Crippen MR) is 55.3 cm³/mol. The van der Waals surface area contributed by atoms with Crippen LogP contribution in [0.1, 0.15) is 19.3 Å². The lowest BCUT2D eigenvalue weighted by molar-refractivity contribution is -0.135. The van der Waals surface area contributed by atoms with Crippen LogP contribution in [0.5, 0.6) is 0 Å². The molecule has 0 aliphatic carbocycles. The molecule has 1 rings (SSSR count). The van der Waals surface area contributed by atoms with Crippen LogP contribution in [-0.2, 0) is 14.3 Å². The number of methoxy groups -OCH3 is 1. The first-order valence-electron chi connectivity index (χ1n) is 5.27. The summed E-state index contributed by atoms with van der Waals surface area (Å²) >= 11 is 0. The highest BCUT2D eigenvalue weighted by atomic mass is 16.5. The number of amides is 2. The number of carbonyl (C=O) groups excluding carboxylic acids is 2. The number of rotatable bonds is 4. The average molecular weight is 214 g/mol. The normalized spacial score (nSPS) is 17.1. The SMILES string of the molecule is COCCCC(=O)N1CCCNC(=O)C1. The fraction of sp³-hybridized carbons (Fsp3) is 0.800. The molecule has 0 unspecified atom stereocenters. The lowest BCUT2D eigenvalue weighted by Crippen LogP contribution is -2.37. The maximum Gasteiger partial charge on any atom is 0.239 e. The van der Waals surface area contributed by atoms with Crippen LogP contribution in [-0.4, -0.2) is 50.1 Å². The lowest BCUT2D eigenvalue weighted by atomic mass is 10.2. The molecule has 0 saturated carbocycles. The van der Waals surface area contributed by atoms with Crippen molar-refractivity contribution in [1.82, 2.24) is 10.2 Å². The molecule has 0 aromatic rings. The van der Waals surface area contributed by atoms with Crippen LogP contribution >= 0.6 is 0 Å². The minimum absolute atomic E-state index is 0.0455. The van der Waals surface area contributed by atoms with Gasteiger partial charge < -0.3 is 15.0 Å². The molecule has 0 bridgehead atoms. The van der Waals surface area contributed by atoms with E-state index in [0.29, 0.717) is 32.5 Å². The van der Waals surface area contributed by atoms with Crippen molar-refractivity contribution in [3.63, 3.8) is 0 Å². The highest BCUT2D eigenvalue weighted by Crippen LogP contribution is 2.02. The molecule has 0 atom stereocenters. The Morgan fingerprint density at radius 2 is 2.40 bits per heavy atom. The minimum atomic E-state index is -0.0624. The second kappa shape index (κ2) is 6.40. The zero-order chi connectivity index (χ0) is 11.1. The highest BCUT2D eigenvalue weighted by molar-refractivity contribution is 5.85. The number of hydrogen-bond acceptors (Lipinski definition) is 3. The molecule has 5 nitrogen and oxygen atoms in total. The number of nitrogens with one attached hydrogen (secondary N) is 1. The van der Waals surface area contributed by atoms with E-state index in [1.807, 2.05) is 0 Å². The van der Waals surface area contributed by atoms with Gasteiger partial charge in [0.05, 0.1) is 6.54 Å². The molecule has 1 saturated heterocycles. The highest BCUT2D eigenvalue weighted by Gasteiger charge is 2.18. The molecule has 15 heavy (non-hydrogen) atoms. The molecule has 0 spiro atoms. The third kappa shape index (κ3) is 4.29. The summed E-state index contributed by atoms with van der Waals surface area (Å²) in [7, 11) is 1.61. The van der Waals surface area contributed by atoms with Gasteiger partial charge >= 0.3 is 0 Å². The maximum absolute atomic E-state index is 11.7. The van der Waals surface area contributed by atoms with Gasteiger partial charge in [-0.25, -0.2) is 0 Å². The number of hydrogen-bond donors (Lipinski definition) is 1. The Bertz CT molecular complexity index is 231. The molecule has 1 N–H and O–H groups in total. The Kier molecular flexibility index (Phi) is 5.10. The van der Waals surface area contributed by atoms with Crippen molar-refractivity contribution in [2.45, 2.75) is 19.3 Å². The van der Waals surface area contributed by atoms with E-state index >= 15 is 0 Å². The van der Waals surface area contributed by atoms with Crippen molar-refractivity contribution in [2.75, 3.05) is 33.4 Å². The maximum atomic E-state index is 11.7. The van der Waals surface area contributed by atoms with Gasteiger partial charge in [-0.3, -0.25) is 9.59 Å². The van der Waals surface area contributed by atoms with Gasteiger partial charge in [0.2, 0.25) is 11.8 Å². The predicted octanol–water partition coefficient (Wildman–Crippen LogP) is -0.238. The van der Waals surface area contributed by atoms with E-state index in [9.17, 15) is 9.59 Å². The fourth-order valence-electron chi connectivity index (χ4n) is 1.54. The second-order valence-electron chi connectivity index (χ2n) is 3.62. The van der Waals surface area contributed by atoms with Crippen molar-refractivity contribution < 1.29 is 14.3 Å². The van der Waals surface area contributed by atoms with Gasteiger partial charge in [0.25, 0.3) is 0 Å². The van der Waals surface area contributed by atoms with E-state index in [1.54, 1.807) is 12.0 Å². The van der Waals surface area contributed by atoms with Crippen LogP contribution in [0.4, 0.5) is 0 Å². The molecular formula is C10H18N2O3. The summed E-state index contributed by atoms with van der Waals surface area (Å²) in [5, 5.41) is 2.74.